The first-order valence-electron chi connectivity index (χ1n) is 24.2. The molecule has 3 N–H and O–H groups in total. The van der Waals surface area contributed by atoms with E-state index < -0.39 is 72.5 Å². The molecule has 7 aliphatic rings. The van der Waals surface area contributed by atoms with Crippen LogP contribution < -0.4 is 5.32 Å². The maximum atomic E-state index is 14.4. The monoisotopic (exact) mass is 916 g/mol. The lowest BCUT2D eigenvalue weighted by atomic mass is 9.71. The molecule has 5 saturated heterocycles. The Kier molecular flexibility index (Phi) is 16.3. The number of carbonyl (C=O) groups is 2. The molecule has 0 aromatic carbocycles. The number of amides is 1. The molecule has 6 heterocycles. The highest BCUT2D eigenvalue weighted by Crippen LogP contribution is 2.48. The Morgan fingerprint density at radius 3 is 2.38 bits per heavy atom. The first-order chi connectivity index (χ1) is 30.9. The third kappa shape index (κ3) is 10.7. The van der Waals surface area contributed by atoms with Gasteiger partial charge in [-0.1, -0.05) is 64.5 Å². The van der Waals surface area contributed by atoms with E-state index in [0.29, 0.717) is 61.5 Å². The molecule has 0 radical (unpaired) electrons. The predicted molar refractivity (Wildman–Crippen MR) is 239 cm³/mol. The van der Waals surface area contributed by atoms with Crippen LogP contribution in [0.25, 0.3) is 0 Å². The molecule has 15 nitrogen and oxygen atoms in total. The molecule has 6 aliphatic heterocycles. The number of carbonyl (C=O) groups excluding carboxylic acids is 2. The van der Waals surface area contributed by atoms with E-state index in [1.165, 1.54) is 6.92 Å². The largest absolute Gasteiger partial charge is 0.462 e. The number of aliphatic hydroxyl groups is 2. The van der Waals surface area contributed by atoms with Gasteiger partial charge in [0.25, 0.3) is 0 Å². The quantitative estimate of drug-likeness (QED) is 0.188. The molecular formula is C50H77NO14. The fraction of sp³-hybridized carbons (Fsp3) is 0.800. The van der Waals surface area contributed by atoms with E-state index in [0.717, 1.165) is 18.4 Å². The lowest BCUT2D eigenvalue weighted by Crippen LogP contribution is -2.58. The Morgan fingerprint density at radius 2 is 1.68 bits per heavy atom. The molecule has 65 heavy (non-hydrogen) atoms. The third-order valence-corrected chi connectivity index (χ3v) is 15.3. The molecular weight excluding hydrogens is 839 g/mol. The van der Waals surface area contributed by atoms with Crippen molar-refractivity contribution in [2.24, 2.45) is 23.7 Å². The number of esters is 1. The van der Waals surface area contributed by atoms with E-state index in [4.69, 9.17) is 47.4 Å². The van der Waals surface area contributed by atoms with Crippen LogP contribution in [0.15, 0.2) is 47.1 Å². The van der Waals surface area contributed by atoms with Gasteiger partial charge < -0.3 is 62.9 Å². The summed E-state index contributed by atoms with van der Waals surface area (Å²) in [6, 6.07) is -0.312. The van der Waals surface area contributed by atoms with Crippen molar-refractivity contribution < 1.29 is 67.2 Å². The predicted octanol–water partition coefficient (Wildman–Crippen LogP) is 5.75. The number of aliphatic hydroxyl groups excluding tert-OH is 1. The highest BCUT2D eigenvalue weighted by molar-refractivity contribution is 5.78. The second-order valence-electron chi connectivity index (χ2n) is 20.1. The van der Waals surface area contributed by atoms with Crippen molar-refractivity contribution in [1.29, 1.82) is 0 Å². The molecule has 1 amide bonds. The van der Waals surface area contributed by atoms with Crippen LogP contribution in [0.1, 0.15) is 114 Å². The van der Waals surface area contributed by atoms with Crippen LogP contribution in [0.3, 0.4) is 0 Å². The Balaban J connectivity index is 1.16. The van der Waals surface area contributed by atoms with Gasteiger partial charge in [-0.2, -0.15) is 0 Å². The summed E-state index contributed by atoms with van der Waals surface area (Å²) in [5, 5.41) is 26.7. The molecule has 7 rings (SSSR count). The zero-order chi connectivity index (χ0) is 47.0. The van der Waals surface area contributed by atoms with Gasteiger partial charge in [-0.05, 0) is 69.1 Å². The lowest BCUT2D eigenvalue weighted by Gasteiger charge is -2.51. The third-order valence-electron chi connectivity index (χ3n) is 15.3. The van der Waals surface area contributed by atoms with Gasteiger partial charge in [-0.15, -0.1) is 0 Å². The maximum Gasteiger partial charge on any atom is 0.316 e. The topological polar surface area (TPSA) is 179 Å². The number of rotatable bonds is 9. The minimum Gasteiger partial charge on any atom is -0.462 e. The zero-order valence-electron chi connectivity index (χ0n) is 40.4. The van der Waals surface area contributed by atoms with Crippen LogP contribution in [0.4, 0.5) is 0 Å². The highest BCUT2D eigenvalue weighted by Gasteiger charge is 2.60. The summed E-state index contributed by atoms with van der Waals surface area (Å²) in [5.74, 6) is -2.29. The van der Waals surface area contributed by atoms with Gasteiger partial charge in [0.1, 0.15) is 35.9 Å². The number of hydrogen-bond donors (Lipinski definition) is 3. The molecule has 5 fully saturated rings. The number of methoxy groups -OCH3 is 2. The fourth-order valence-electron chi connectivity index (χ4n) is 11.4. The van der Waals surface area contributed by atoms with Gasteiger partial charge in [0.2, 0.25) is 5.91 Å². The van der Waals surface area contributed by atoms with Crippen LogP contribution in [-0.2, 0) is 57.0 Å². The van der Waals surface area contributed by atoms with Gasteiger partial charge in [0.15, 0.2) is 18.4 Å². The van der Waals surface area contributed by atoms with Crippen LogP contribution in [0, 0.1) is 23.7 Å². The standard InChI is InChI=1S/C50H77NO14/c1-12-26(2)45-29(5)18-19-49(65-45)24-36-21-35(64-49)17-16-28(4)44(27(3)14-13-15-34-25-58-47-43(53)30(6)20-37(48(54)61-36)50(34,47)55)62-41-23-39(57-11)46(32(8)60-41)63-40-22-38(56-10)42(31(7)59-40)51-33(9)52/h13-16,20,26-27,29,31-32,35-47,53,55H,12,17-19,21-25H2,1-11H3,(H,51,52)/b14-13+,28-16+,34-15+/t26-,27-,29-,31-,32-,35+,36-,37-,38-,39-,40-,41-,42-,43+,44-,45+,46-,47+,49+,50+/m0/s1. The second kappa shape index (κ2) is 21.0. The van der Waals surface area contributed by atoms with Gasteiger partial charge >= 0.3 is 5.97 Å². The molecule has 0 aromatic heterocycles. The summed E-state index contributed by atoms with van der Waals surface area (Å²) >= 11 is 0. The van der Waals surface area contributed by atoms with Crippen LogP contribution >= 0.6 is 0 Å². The SMILES string of the molecule is CC[C@H](C)[C@H]1O[C@]2(CC[C@@H]1C)C[C@@H]1C[C@@H](C/C=C(\C)[C@@H](O[C@H]3C[C@H](OC)[C@@H](O[C@H]4C[C@H](OC)[C@@H](NC(C)=O)[C@H](C)O4)[C@H](C)O3)[C@@H](C)/C=C/C=C3\CO[C@@H]4[C@H](O)C(C)=C[C@@H](C(=O)O1)[C@]34O)O2. The van der Waals surface area contributed by atoms with E-state index in [9.17, 15) is 19.8 Å². The van der Waals surface area contributed by atoms with Gasteiger partial charge in [-0.3, -0.25) is 9.59 Å². The number of ether oxygens (including phenoxy) is 10. The summed E-state index contributed by atoms with van der Waals surface area (Å²) in [6.45, 7) is 17.8. The molecule has 1 spiro atoms. The lowest BCUT2D eigenvalue weighted by molar-refractivity contribution is -0.340. The smallest absolute Gasteiger partial charge is 0.316 e. The zero-order valence-corrected chi connectivity index (χ0v) is 40.4. The Morgan fingerprint density at radius 1 is 0.969 bits per heavy atom. The van der Waals surface area contributed by atoms with Gasteiger partial charge in [-0.25, -0.2) is 0 Å². The summed E-state index contributed by atoms with van der Waals surface area (Å²) in [5.41, 5.74) is 0.171. The van der Waals surface area contributed by atoms with Crippen LogP contribution in [0.5, 0.6) is 0 Å². The number of allylic oxidation sites excluding steroid dienone is 2. The average molecular weight is 916 g/mol. The Bertz CT molecular complexity index is 1800. The van der Waals surface area contributed by atoms with Gasteiger partial charge in [0, 0.05) is 59.2 Å². The van der Waals surface area contributed by atoms with Crippen molar-refractivity contribution in [2.75, 3.05) is 20.8 Å². The van der Waals surface area contributed by atoms with Crippen molar-refractivity contribution in [1.82, 2.24) is 5.32 Å². The molecule has 0 aromatic rings. The maximum absolute atomic E-state index is 14.4. The average Bonchev–Trinajstić information content (AvgIpc) is 3.61. The van der Waals surface area contributed by atoms with E-state index in [2.05, 4.69) is 46.0 Å². The second-order valence-corrected chi connectivity index (χ2v) is 20.1. The number of nitrogens with one attached hydrogen (secondary N) is 1. The summed E-state index contributed by atoms with van der Waals surface area (Å²) in [6.07, 6.45) is 7.44. The molecule has 15 heteroatoms. The molecule has 366 valence electrons. The summed E-state index contributed by atoms with van der Waals surface area (Å²) < 4.78 is 64.7. The van der Waals surface area contributed by atoms with E-state index in [1.54, 1.807) is 33.3 Å². The fourth-order valence-corrected chi connectivity index (χ4v) is 11.4. The molecule has 0 unspecified atom stereocenters. The van der Waals surface area contributed by atoms with Crippen molar-refractivity contribution in [3.8, 4) is 0 Å². The van der Waals surface area contributed by atoms with E-state index in [-0.39, 0.29) is 55.0 Å². The van der Waals surface area contributed by atoms with Crippen LogP contribution in [0.2, 0.25) is 0 Å². The van der Waals surface area contributed by atoms with Crippen molar-refractivity contribution in [3.63, 3.8) is 0 Å². The summed E-state index contributed by atoms with van der Waals surface area (Å²) in [7, 11) is 3.28. The Labute approximate surface area is 385 Å². The normalized spacial score (nSPS) is 47.6. The van der Waals surface area contributed by atoms with E-state index >= 15 is 0 Å². The molecule has 20 atom stereocenters. The van der Waals surface area contributed by atoms with Crippen molar-refractivity contribution in [3.05, 3.63) is 47.1 Å². The number of hydrogen-bond acceptors (Lipinski definition) is 14. The molecule has 0 saturated carbocycles. The van der Waals surface area contributed by atoms with Crippen LogP contribution in [-0.4, -0.2) is 140 Å². The van der Waals surface area contributed by atoms with Crippen molar-refractivity contribution >= 4 is 11.9 Å². The first kappa shape index (κ1) is 50.3. The minimum atomic E-state index is -1.83. The Hall–Kier alpha value is -2.54. The molecule has 2 bridgehead atoms. The van der Waals surface area contributed by atoms with Crippen molar-refractivity contribution in [2.45, 2.75) is 211 Å². The summed E-state index contributed by atoms with van der Waals surface area (Å²) in [4.78, 5) is 26.3. The first-order valence-corrected chi connectivity index (χ1v) is 24.2. The minimum absolute atomic E-state index is 0.0122. The van der Waals surface area contributed by atoms with E-state index in [1.807, 2.05) is 26.0 Å². The highest BCUT2D eigenvalue weighted by atomic mass is 16.7. The van der Waals surface area contributed by atoms with Gasteiger partial charge in [0.05, 0.1) is 55.4 Å². The number of fused-ring (bicyclic) bond motifs is 2. The molecule has 1 aliphatic carbocycles.